The Kier molecular flexibility index (Phi) is 6.33. The van der Waals surface area contributed by atoms with Crippen LogP contribution in [0.2, 0.25) is 0 Å². The summed E-state index contributed by atoms with van der Waals surface area (Å²) >= 11 is 0. The Labute approximate surface area is 223 Å². The summed E-state index contributed by atoms with van der Waals surface area (Å²) in [5, 5.41) is 2.97. The maximum atomic E-state index is 13.3. The highest BCUT2D eigenvalue weighted by molar-refractivity contribution is 7.89. The van der Waals surface area contributed by atoms with Gasteiger partial charge in [-0.25, -0.2) is 13.4 Å². The first kappa shape index (κ1) is 24.8. The van der Waals surface area contributed by atoms with Crippen LogP contribution < -0.4 is 14.8 Å². The molecule has 2 fully saturated rings. The molecule has 0 bridgehead atoms. The number of rotatable bonds is 8. The van der Waals surface area contributed by atoms with Crippen molar-refractivity contribution in [3.8, 4) is 22.8 Å². The number of pyridine rings is 1. The molecule has 6 rings (SSSR count). The highest BCUT2D eigenvalue weighted by Gasteiger charge is 2.51. The smallest absolute Gasteiger partial charge is 0.243 e. The molecule has 0 unspecified atom stereocenters. The van der Waals surface area contributed by atoms with Crippen LogP contribution in [0, 0.1) is 0 Å². The van der Waals surface area contributed by atoms with E-state index in [9.17, 15) is 13.2 Å². The number of hydrogen-bond acceptors (Lipinski definition) is 7. The minimum Gasteiger partial charge on any atom is -0.454 e. The van der Waals surface area contributed by atoms with Gasteiger partial charge in [0.1, 0.15) is 5.82 Å². The van der Waals surface area contributed by atoms with Gasteiger partial charge in [0.2, 0.25) is 22.7 Å². The van der Waals surface area contributed by atoms with Gasteiger partial charge in [0, 0.05) is 26.7 Å². The number of hydrogen-bond donors (Lipinski definition) is 1. The molecule has 1 atom stereocenters. The number of nitrogens with one attached hydrogen (secondary N) is 1. The van der Waals surface area contributed by atoms with Crippen molar-refractivity contribution in [1.29, 1.82) is 0 Å². The Hall–Kier alpha value is -3.47. The van der Waals surface area contributed by atoms with E-state index in [0.717, 1.165) is 36.8 Å². The number of anilines is 1. The van der Waals surface area contributed by atoms with Gasteiger partial charge in [-0.3, -0.25) is 4.79 Å². The minimum atomic E-state index is -3.61. The zero-order chi connectivity index (χ0) is 26.3. The Balaban J connectivity index is 0.00000308. The first-order chi connectivity index (χ1) is 18.4. The number of methoxy groups -OCH3 is 1. The van der Waals surface area contributed by atoms with Crippen molar-refractivity contribution in [1.82, 2.24) is 9.29 Å². The van der Waals surface area contributed by atoms with Gasteiger partial charge >= 0.3 is 0 Å². The summed E-state index contributed by atoms with van der Waals surface area (Å²) < 4.78 is 44.1. The van der Waals surface area contributed by atoms with Crippen molar-refractivity contribution in [3.05, 3.63) is 66.2 Å². The molecule has 3 aliphatic rings. The summed E-state index contributed by atoms with van der Waals surface area (Å²) in [6.45, 7) is 1.07. The second-order valence-corrected chi connectivity index (χ2v) is 11.8. The summed E-state index contributed by atoms with van der Waals surface area (Å²) in [6.07, 6.45) is 3.11. The van der Waals surface area contributed by atoms with Gasteiger partial charge in [0.05, 0.1) is 22.6 Å². The average Bonchev–Trinajstić information content (AvgIpc) is 3.37. The second-order valence-electron chi connectivity index (χ2n) is 9.90. The van der Waals surface area contributed by atoms with Crippen molar-refractivity contribution in [2.45, 2.75) is 42.0 Å². The van der Waals surface area contributed by atoms with Crippen molar-refractivity contribution in [2.24, 2.45) is 0 Å². The fourth-order valence-electron chi connectivity index (χ4n) is 5.28. The third-order valence-electron chi connectivity index (χ3n) is 7.54. The standard InChI is InChI=1S/C28H29N3O6S.H2/c1-35-17-21-4-3-15-31(21)38(33,34)22-10-7-19(8-11-22)23-5-2-6-26(29-23)30-27(32)28(13-14-28)20-9-12-24-25(16-20)37-18-36-24;/h2,5-12,16,21H,3-4,13-15,17-18H2,1H3,(H,29,30,32);1H/t21-;/m0./s1. The predicted molar refractivity (Wildman–Crippen MR) is 143 cm³/mol. The molecule has 3 aromatic rings. The fourth-order valence-corrected chi connectivity index (χ4v) is 6.96. The SMILES string of the molecule is COC[C@@H]1CCCN1S(=O)(=O)c1ccc(-c2cccc(NC(=O)C3(c4ccc5c(c4)OCO5)CC3)n2)cc1.[HH]. The van der Waals surface area contributed by atoms with E-state index >= 15 is 0 Å². The fraction of sp³-hybridized carbons (Fsp3) is 0.357. The molecule has 1 amide bonds. The minimum absolute atomic E-state index is 0. The van der Waals surface area contributed by atoms with E-state index in [1.807, 2.05) is 30.3 Å². The van der Waals surface area contributed by atoms with Crippen molar-refractivity contribution in [2.75, 3.05) is 32.4 Å². The number of aromatic nitrogens is 1. The Morgan fingerprint density at radius 1 is 1.13 bits per heavy atom. The number of amides is 1. The molecular formula is C28H31N3O6S. The van der Waals surface area contributed by atoms with E-state index in [4.69, 9.17) is 14.2 Å². The van der Waals surface area contributed by atoms with Crippen molar-refractivity contribution >= 4 is 21.7 Å². The van der Waals surface area contributed by atoms with E-state index in [2.05, 4.69) is 10.3 Å². The Morgan fingerprint density at radius 2 is 1.92 bits per heavy atom. The summed E-state index contributed by atoms with van der Waals surface area (Å²) in [5.74, 6) is 1.67. The molecule has 1 N–H and O–H groups in total. The van der Waals surface area contributed by atoms with Crippen LogP contribution in [0.1, 0.15) is 32.7 Å². The molecule has 1 saturated heterocycles. The summed E-state index contributed by atoms with van der Waals surface area (Å²) in [7, 11) is -2.03. The topological polar surface area (TPSA) is 107 Å². The van der Waals surface area contributed by atoms with E-state index < -0.39 is 15.4 Å². The maximum absolute atomic E-state index is 13.3. The van der Waals surface area contributed by atoms with Gasteiger partial charge in [-0.15, -0.1) is 0 Å². The van der Waals surface area contributed by atoms with Crippen LogP contribution in [0.15, 0.2) is 65.6 Å². The highest BCUT2D eigenvalue weighted by Crippen LogP contribution is 2.51. The van der Waals surface area contributed by atoms with Crippen LogP contribution in [-0.4, -0.2) is 56.7 Å². The number of sulfonamides is 1. The second kappa shape index (κ2) is 9.68. The molecule has 10 heteroatoms. The van der Waals surface area contributed by atoms with E-state index in [1.54, 1.807) is 37.4 Å². The summed E-state index contributed by atoms with van der Waals surface area (Å²) in [6, 6.07) is 17.6. The average molecular weight is 538 g/mol. The summed E-state index contributed by atoms with van der Waals surface area (Å²) in [4.78, 5) is 18.2. The van der Waals surface area contributed by atoms with Crippen LogP contribution >= 0.6 is 0 Å². The number of carbonyl (C=O) groups is 1. The summed E-state index contributed by atoms with van der Waals surface area (Å²) in [5.41, 5.74) is 1.69. The highest BCUT2D eigenvalue weighted by atomic mass is 32.2. The lowest BCUT2D eigenvalue weighted by molar-refractivity contribution is -0.118. The molecular weight excluding hydrogens is 506 g/mol. The normalized spacial score (nSPS) is 19.9. The number of nitrogens with zero attached hydrogens (tertiary/aromatic N) is 2. The van der Waals surface area contributed by atoms with Gasteiger partial charge < -0.3 is 19.5 Å². The van der Waals surface area contributed by atoms with E-state index in [-0.39, 0.29) is 25.1 Å². The first-order valence-corrected chi connectivity index (χ1v) is 14.1. The first-order valence-electron chi connectivity index (χ1n) is 12.7. The molecule has 3 heterocycles. The van der Waals surface area contributed by atoms with Gasteiger partial charge in [-0.05, 0) is 67.6 Å². The molecule has 0 spiro atoms. The molecule has 1 aromatic heterocycles. The largest absolute Gasteiger partial charge is 0.454 e. The number of ether oxygens (including phenoxy) is 3. The molecule has 1 saturated carbocycles. The molecule has 38 heavy (non-hydrogen) atoms. The zero-order valence-electron chi connectivity index (χ0n) is 21.1. The number of carbonyl (C=O) groups excluding carboxylic acids is 1. The molecule has 9 nitrogen and oxygen atoms in total. The van der Waals surface area contributed by atoms with Gasteiger partial charge in [-0.2, -0.15) is 4.31 Å². The third kappa shape index (κ3) is 4.42. The van der Waals surface area contributed by atoms with Crippen LogP contribution in [0.4, 0.5) is 5.82 Å². The third-order valence-corrected chi connectivity index (χ3v) is 9.51. The maximum Gasteiger partial charge on any atom is 0.243 e. The van der Waals surface area contributed by atoms with E-state index in [1.165, 1.54) is 4.31 Å². The quantitative estimate of drug-likeness (QED) is 0.459. The molecule has 1 aliphatic carbocycles. The number of fused-ring (bicyclic) bond motifs is 1. The molecule has 0 radical (unpaired) electrons. The molecule has 200 valence electrons. The van der Waals surface area contributed by atoms with Crippen LogP contribution in [0.3, 0.4) is 0 Å². The van der Waals surface area contributed by atoms with Crippen LogP contribution in [-0.2, 0) is 25.0 Å². The lowest BCUT2D eigenvalue weighted by Gasteiger charge is -2.23. The zero-order valence-corrected chi connectivity index (χ0v) is 21.9. The Morgan fingerprint density at radius 3 is 2.68 bits per heavy atom. The van der Waals surface area contributed by atoms with Gasteiger partial charge in [0.25, 0.3) is 0 Å². The van der Waals surface area contributed by atoms with Crippen LogP contribution in [0.25, 0.3) is 11.3 Å². The predicted octanol–water partition coefficient (Wildman–Crippen LogP) is 4.19. The van der Waals surface area contributed by atoms with Crippen molar-refractivity contribution in [3.63, 3.8) is 0 Å². The number of benzene rings is 2. The van der Waals surface area contributed by atoms with E-state index in [0.29, 0.717) is 36.2 Å². The molecule has 2 aliphatic heterocycles. The van der Waals surface area contributed by atoms with Crippen molar-refractivity contribution < 1.29 is 28.8 Å². The van der Waals surface area contributed by atoms with Crippen LogP contribution in [0.5, 0.6) is 11.5 Å². The van der Waals surface area contributed by atoms with Gasteiger partial charge in [-0.1, -0.05) is 24.3 Å². The van der Waals surface area contributed by atoms with Gasteiger partial charge in [0.15, 0.2) is 11.5 Å². The lowest BCUT2D eigenvalue weighted by Crippen LogP contribution is -2.38. The Bertz CT molecular complexity index is 1480. The monoisotopic (exact) mass is 537 g/mol. The molecule has 2 aromatic carbocycles. The lowest BCUT2D eigenvalue weighted by atomic mass is 9.94.